The molecule has 0 bridgehead atoms. The molecule has 1 aliphatic heterocycles. The van der Waals surface area contributed by atoms with E-state index in [1.165, 1.54) is 7.11 Å². The quantitative estimate of drug-likeness (QED) is 0.809. The van der Waals surface area contributed by atoms with Crippen LogP contribution in [0.2, 0.25) is 0 Å². The minimum Gasteiger partial charge on any atom is -0.497 e. The zero-order chi connectivity index (χ0) is 13.1. The van der Waals surface area contributed by atoms with Gasteiger partial charge in [-0.1, -0.05) is 13.3 Å². The number of nitrogens with zero attached hydrogens (tertiary/aromatic N) is 1. The van der Waals surface area contributed by atoms with Gasteiger partial charge in [0, 0.05) is 6.54 Å². The molecule has 1 atom stereocenters. The maximum atomic E-state index is 11.8. The van der Waals surface area contributed by atoms with E-state index in [1.54, 1.807) is 12.0 Å². The van der Waals surface area contributed by atoms with E-state index in [9.17, 15) is 4.79 Å². The molecule has 0 spiro atoms. The van der Waals surface area contributed by atoms with Crippen LogP contribution in [-0.2, 0) is 11.2 Å². The molecular formula is C14H19NO3. The van der Waals surface area contributed by atoms with Crippen LogP contribution in [0.25, 0.3) is 0 Å². The van der Waals surface area contributed by atoms with Crippen molar-refractivity contribution in [1.29, 1.82) is 0 Å². The number of hydrogen-bond acceptors (Lipinski definition) is 3. The lowest BCUT2D eigenvalue weighted by molar-refractivity contribution is 0.176. The highest BCUT2D eigenvalue weighted by atomic mass is 16.5. The fourth-order valence-electron chi connectivity index (χ4n) is 2.40. The summed E-state index contributed by atoms with van der Waals surface area (Å²) in [7, 11) is 3.07. The summed E-state index contributed by atoms with van der Waals surface area (Å²) in [4.78, 5) is 13.5. The molecule has 0 radical (unpaired) electrons. The van der Waals surface area contributed by atoms with E-state index in [-0.39, 0.29) is 6.09 Å². The number of benzene rings is 1. The third-order valence-electron chi connectivity index (χ3n) is 3.50. The van der Waals surface area contributed by atoms with Gasteiger partial charge in [0.15, 0.2) is 0 Å². The van der Waals surface area contributed by atoms with E-state index < -0.39 is 0 Å². The van der Waals surface area contributed by atoms with E-state index in [4.69, 9.17) is 9.47 Å². The number of carbonyl (C=O) groups is 1. The fourth-order valence-corrected chi connectivity index (χ4v) is 2.40. The van der Waals surface area contributed by atoms with Crippen molar-refractivity contribution in [3.8, 4) is 5.75 Å². The predicted molar refractivity (Wildman–Crippen MR) is 70.2 cm³/mol. The smallest absolute Gasteiger partial charge is 0.414 e. The van der Waals surface area contributed by atoms with Crippen molar-refractivity contribution >= 4 is 11.8 Å². The predicted octanol–water partition coefficient (Wildman–Crippen LogP) is 2.85. The summed E-state index contributed by atoms with van der Waals surface area (Å²) in [5, 5.41) is 0. The van der Waals surface area contributed by atoms with Crippen molar-refractivity contribution < 1.29 is 14.3 Å². The fraction of sp³-hybridized carbons (Fsp3) is 0.500. The van der Waals surface area contributed by atoms with Gasteiger partial charge in [-0.3, -0.25) is 4.90 Å². The zero-order valence-electron chi connectivity index (χ0n) is 11.1. The number of amides is 1. The molecule has 4 heteroatoms. The molecule has 1 amide bonds. The average Bonchev–Trinajstić information content (AvgIpc) is 2.44. The summed E-state index contributed by atoms with van der Waals surface area (Å²) < 4.78 is 10.1. The first-order valence-electron chi connectivity index (χ1n) is 6.22. The molecule has 1 aromatic carbocycles. The van der Waals surface area contributed by atoms with Crippen molar-refractivity contribution in [2.45, 2.75) is 19.8 Å². The number of methoxy groups -OCH3 is 2. The first-order valence-corrected chi connectivity index (χ1v) is 6.22. The number of rotatable bonds is 2. The number of hydrogen-bond donors (Lipinski definition) is 0. The van der Waals surface area contributed by atoms with Gasteiger partial charge in [-0.05, 0) is 36.1 Å². The Morgan fingerprint density at radius 2 is 2.22 bits per heavy atom. The van der Waals surface area contributed by atoms with Crippen LogP contribution in [-0.4, -0.2) is 26.9 Å². The Balaban J connectivity index is 2.38. The molecule has 18 heavy (non-hydrogen) atoms. The minimum atomic E-state index is -0.292. The lowest BCUT2D eigenvalue weighted by atomic mass is 9.91. The van der Waals surface area contributed by atoms with Crippen LogP contribution in [0.15, 0.2) is 18.2 Å². The minimum absolute atomic E-state index is 0.292. The highest BCUT2D eigenvalue weighted by Gasteiger charge is 2.28. The summed E-state index contributed by atoms with van der Waals surface area (Å²) in [6.45, 7) is 2.87. The Hall–Kier alpha value is -1.71. The van der Waals surface area contributed by atoms with E-state index in [2.05, 4.69) is 6.92 Å². The highest BCUT2D eigenvalue weighted by Crippen LogP contribution is 2.33. The zero-order valence-corrected chi connectivity index (χ0v) is 11.1. The molecule has 0 fully saturated rings. The topological polar surface area (TPSA) is 38.8 Å². The van der Waals surface area contributed by atoms with E-state index in [0.29, 0.717) is 5.92 Å². The number of anilines is 1. The van der Waals surface area contributed by atoms with Gasteiger partial charge >= 0.3 is 6.09 Å². The molecular weight excluding hydrogens is 230 g/mol. The lowest BCUT2D eigenvalue weighted by Crippen LogP contribution is -2.39. The summed E-state index contributed by atoms with van der Waals surface area (Å²) in [5.41, 5.74) is 2.09. The van der Waals surface area contributed by atoms with Gasteiger partial charge in [-0.2, -0.15) is 0 Å². The molecule has 0 N–H and O–H groups in total. The largest absolute Gasteiger partial charge is 0.497 e. The normalized spacial score (nSPS) is 18.2. The maximum absolute atomic E-state index is 11.8. The second-order valence-corrected chi connectivity index (χ2v) is 4.55. The third kappa shape index (κ3) is 2.28. The van der Waals surface area contributed by atoms with Gasteiger partial charge in [0.1, 0.15) is 5.75 Å². The molecule has 0 aromatic heterocycles. The van der Waals surface area contributed by atoms with E-state index >= 15 is 0 Å². The maximum Gasteiger partial charge on any atom is 0.414 e. The SMILES string of the molecule is CCC1Cc2cc(OC)ccc2N(C(=O)OC)C1. The Morgan fingerprint density at radius 3 is 2.83 bits per heavy atom. The second-order valence-electron chi connectivity index (χ2n) is 4.55. The molecule has 1 aromatic rings. The van der Waals surface area contributed by atoms with Crippen LogP contribution in [0.4, 0.5) is 10.5 Å². The molecule has 4 nitrogen and oxygen atoms in total. The molecule has 0 saturated heterocycles. The van der Waals surface area contributed by atoms with Crippen molar-refractivity contribution in [2.75, 3.05) is 25.7 Å². The van der Waals surface area contributed by atoms with Gasteiger partial charge in [-0.25, -0.2) is 4.79 Å². The Labute approximate surface area is 107 Å². The summed E-state index contributed by atoms with van der Waals surface area (Å²) in [5.74, 6) is 1.30. The average molecular weight is 249 g/mol. The summed E-state index contributed by atoms with van der Waals surface area (Å²) in [6.07, 6.45) is 1.74. The molecule has 1 aliphatic rings. The van der Waals surface area contributed by atoms with Gasteiger partial charge in [0.05, 0.1) is 19.9 Å². The molecule has 1 unspecified atom stereocenters. The van der Waals surface area contributed by atoms with Gasteiger partial charge < -0.3 is 9.47 Å². The first-order chi connectivity index (χ1) is 8.69. The van der Waals surface area contributed by atoms with Gasteiger partial charge in [-0.15, -0.1) is 0 Å². The van der Waals surface area contributed by atoms with Crippen LogP contribution < -0.4 is 9.64 Å². The van der Waals surface area contributed by atoms with Crippen molar-refractivity contribution in [3.05, 3.63) is 23.8 Å². The number of carbonyl (C=O) groups excluding carboxylic acids is 1. The number of fused-ring (bicyclic) bond motifs is 1. The van der Waals surface area contributed by atoms with Gasteiger partial charge in [0.2, 0.25) is 0 Å². The Morgan fingerprint density at radius 1 is 1.44 bits per heavy atom. The standard InChI is InChI=1S/C14H19NO3/c1-4-10-7-11-8-12(17-2)5-6-13(11)15(9-10)14(16)18-3/h5-6,8,10H,4,7,9H2,1-3H3. The summed E-state index contributed by atoms with van der Waals surface area (Å²) >= 11 is 0. The first kappa shape index (κ1) is 12.7. The Bertz CT molecular complexity index is 445. The van der Waals surface area contributed by atoms with Crippen LogP contribution in [0.5, 0.6) is 5.75 Å². The second kappa shape index (κ2) is 5.29. The van der Waals surface area contributed by atoms with Gasteiger partial charge in [0.25, 0.3) is 0 Å². The van der Waals surface area contributed by atoms with Crippen LogP contribution in [0.1, 0.15) is 18.9 Å². The van der Waals surface area contributed by atoms with E-state index in [0.717, 1.165) is 36.4 Å². The monoisotopic (exact) mass is 249 g/mol. The highest BCUT2D eigenvalue weighted by molar-refractivity contribution is 5.89. The Kier molecular flexibility index (Phi) is 3.75. The summed E-state index contributed by atoms with van der Waals surface area (Å²) in [6, 6.07) is 5.81. The molecule has 1 heterocycles. The molecule has 0 aliphatic carbocycles. The lowest BCUT2D eigenvalue weighted by Gasteiger charge is -2.33. The molecule has 2 rings (SSSR count). The number of ether oxygens (including phenoxy) is 2. The third-order valence-corrected chi connectivity index (χ3v) is 3.50. The van der Waals surface area contributed by atoms with Crippen LogP contribution in [0, 0.1) is 5.92 Å². The molecule has 0 saturated carbocycles. The molecule has 98 valence electrons. The van der Waals surface area contributed by atoms with Crippen LogP contribution in [0.3, 0.4) is 0 Å². The van der Waals surface area contributed by atoms with Crippen LogP contribution >= 0.6 is 0 Å². The van der Waals surface area contributed by atoms with Crippen molar-refractivity contribution in [2.24, 2.45) is 5.92 Å². The van der Waals surface area contributed by atoms with Crippen molar-refractivity contribution in [1.82, 2.24) is 0 Å². The van der Waals surface area contributed by atoms with E-state index in [1.807, 2.05) is 18.2 Å². The van der Waals surface area contributed by atoms with Crippen molar-refractivity contribution in [3.63, 3.8) is 0 Å².